The first-order valence-corrected chi connectivity index (χ1v) is 4.87. The lowest BCUT2D eigenvalue weighted by Crippen LogP contribution is -2.04. The van der Waals surface area contributed by atoms with Crippen LogP contribution in [0.25, 0.3) is 0 Å². The fourth-order valence-electron chi connectivity index (χ4n) is 1.20. The van der Waals surface area contributed by atoms with Gasteiger partial charge in [0.2, 0.25) is 0 Å². The molecule has 0 aliphatic heterocycles. The Bertz CT molecular complexity index is 267. The highest BCUT2D eigenvalue weighted by molar-refractivity contribution is 5.78. The maximum absolute atomic E-state index is 11.0. The predicted octanol–water partition coefficient (Wildman–Crippen LogP) is 2.39. The van der Waals surface area contributed by atoms with Gasteiger partial charge in [0.25, 0.3) is 0 Å². The molecule has 0 amide bonds. The minimum atomic E-state index is -0.219. The molecule has 0 aliphatic carbocycles. The van der Waals surface area contributed by atoms with Gasteiger partial charge in [0.1, 0.15) is 0 Å². The molecule has 0 fully saturated rings. The third-order valence-corrected chi connectivity index (χ3v) is 1.87. The molecule has 0 atom stereocenters. The van der Waals surface area contributed by atoms with Gasteiger partial charge in [-0.05, 0) is 25.3 Å². The number of rotatable bonds is 5. The Labute approximate surface area is 84.9 Å². The molecule has 0 bridgehead atoms. The van der Waals surface area contributed by atoms with Gasteiger partial charge in [-0.25, -0.2) is 0 Å². The number of aryl methyl sites for hydroxylation is 1. The van der Waals surface area contributed by atoms with E-state index in [9.17, 15) is 4.79 Å². The molecular weight excluding hydrogens is 176 g/mol. The number of hydrogen-bond donors (Lipinski definition) is 0. The van der Waals surface area contributed by atoms with Gasteiger partial charge in [-0.2, -0.15) is 0 Å². The van der Waals surface area contributed by atoms with Gasteiger partial charge in [0, 0.05) is 0 Å². The number of benzene rings is 1. The van der Waals surface area contributed by atoms with Gasteiger partial charge in [-0.1, -0.05) is 30.3 Å². The van der Waals surface area contributed by atoms with E-state index < -0.39 is 0 Å². The number of carbonyl (C=O) groups excluding carboxylic acids is 1. The molecule has 14 heavy (non-hydrogen) atoms. The van der Waals surface area contributed by atoms with E-state index >= 15 is 0 Å². The van der Waals surface area contributed by atoms with E-state index in [0.29, 0.717) is 6.61 Å². The van der Waals surface area contributed by atoms with Crippen LogP contribution >= 0.6 is 0 Å². The molecule has 0 spiro atoms. The monoisotopic (exact) mass is 191 g/mol. The van der Waals surface area contributed by atoms with Crippen molar-refractivity contribution in [3.63, 3.8) is 0 Å². The van der Waals surface area contributed by atoms with Gasteiger partial charge >= 0.3 is 5.97 Å². The first kappa shape index (κ1) is 10.8. The van der Waals surface area contributed by atoms with Gasteiger partial charge in [-0.15, -0.1) is 0 Å². The zero-order valence-corrected chi connectivity index (χ0v) is 8.40. The Hall–Kier alpha value is -1.31. The van der Waals surface area contributed by atoms with Crippen LogP contribution in [-0.4, -0.2) is 12.6 Å². The van der Waals surface area contributed by atoms with Crippen LogP contribution in [0.15, 0.2) is 30.3 Å². The minimum absolute atomic E-state index is 0.219. The first-order valence-electron chi connectivity index (χ1n) is 4.87. The minimum Gasteiger partial charge on any atom is -0.466 e. The molecule has 0 saturated carbocycles. The Balaban J connectivity index is 2.19. The van der Waals surface area contributed by atoms with Crippen LogP contribution in [0, 0.1) is 6.42 Å². The summed E-state index contributed by atoms with van der Waals surface area (Å²) >= 11 is 0. The van der Waals surface area contributed by atoms with Crippen molar-refractivity contribution < 1.29 is 9.53 Å². The van der Waals surface area contributed by atoms with Gasteiger partial charge in [0.15, 0.2) is 0 Å². The van der Waals surface area contributed by atoms with Crippen LogP contribution in [0.2, 0.25) is 0 Å². The Morgan fingerprint density at radius 2 is 2.07 bits per heavy atom. The summed E-state index contributed by atoms with van der Waals surface area (Å²) < 4.78 is 4.79. The second kappa shape index (κ2) is 6.19. The summed E-state index contributed by atoms with van der Waals surface area (Å²) in [5.74, 6) is -0.219. The maximum atomic E-state index is 11.0. The van der Waals surface area contributed by atoms with Crippen LogP contribution in [0.4, 0.5) is 0 Å². The zero-order valence-electron chi connectivity index (χ0n) is 8.40. The van der Waals surface area contributed by atoms with E-state index in [2.05, 4.69) is 12.1 Å². The highest BCUT2D eigenvalue weighted by Gasteiger charge is 2.01. The fourth-order valence-corrected chi connectivity index (χ4v) is 1.20. The number of hydrogen-bond acceptors (Lipinski definition) is 2. The number of carbonyl (C=O) groups is 1. The van der Waals surface area contributed by atoms with Gasteiger partial charge < -0.3 is 4.74 Å². The number of esters is 1. The van der Waals surface area contributed by atoms with Gasteiger partial charge in [-0.3, -0.25) is 4.79 Å². The van der Waals surface area contributed by atoms with Crippen LogP contribution in [0.3, 0.4) is 0 Å². The summed E-state index contributed by atoms with van der Waals surface area (Å²) in [6, 6.07) is 10.1. The van der Waals surface area contributed by atoms with Crippen LogP contribution in [0.1, 0.15) is 18.9 Å². The lowest BCUT2D eigenvalue weighted by Gasteiger charge is -2.01. The summed E-state index contributed by atoms with van der Waals surface area (Å²) in [4.78, 5) is 11.0. The molecule has 1 rings (SSSR count). The van der Waals surface area contributed by atoms with E-state index in [1.807, 2.05) is 25.1 Å². The van der Waals surface area contributed by atoms with E-state index in [-0.39, 0.29) is 5.97 Å². The Morgan fingerprint density at radius 3 is 2.71 bits per heavy atom. The van der Waals surface area contributed by atoms with Crippen molar-refractivity contribution in [3.8, 4) is 0 Å². The average molecular weight is 191 g/mol. The average Bonchev–Trinajstić information content (AvgIpc) is 2.20. The molecule has 0 aromatic heterocycles. The van der Waals surface area contributed by atoms with E-state index in [1.54, 1.807) is 6.42 Å². The maximum Gasteiger partial charge on any atom is 0.309 e. The lowest BCUT2D eigenvalue weighted by atomic mass is 10.1. The summed E-state index contributed by atoms with van der Waals surface area (Å²) in [5, 5.41) is 0. The molecule has 2 heteroatoms. The van der Waals surface area contributed by atoms with Crippen LogP contribution in [-0.2, 0) is 16.0 Å². The molecule has 1 aromatic rings. The quantitative estimate of drug-likeness (QED) is 0.668. The predicted molar refractivity (Wildman–Crippen MR) is 55.7 cm³/mol. The standard InChI is InChI=1S/C12H15O2/c1-2-14-12(13)10-6-9-11-7-4-3-5-8-11/h3-5,7-8,10H,2,6,9H2,1H3. The number of ether oxygens (including phenoxy) is 1. The topological polar surface area (TPSA) is 26.3 Å². The summed E-state index contributed by atoms with van der Waals surface area (Å²) in [6.07, 6.45) is 3.22. The third-order valence-electron chi connectivity index (χ3n) is 1.87. The lowest BCUT2D eigenvalue weighted by molar-refractivity contribution is -0.139. The zero-order chi connectivity index (χ0) is 10.2. The largest absolute Gasteiger partial charge is 0.466 e. The van der Waals surface area contributed by atoms with Crippen molar-refractivity contribution in [2.75, 3.05) is 6.61 Å². The smallest absolute Gasteiger partial charge is 0.309 e. The first-order chi connectivity index (χ1) is 6.83. The molecule has 0 N–H and O–H groups in total. The summed E-state index contributed by atoms with van der Waals surface area (Å²) in [7, 11) is 0. The third kappa shape index (κ3) is 4.08. The normalized spacial score (nSPS) is 9.79. The van der Waals surface area contributed by atoms with Crippen LogP contribution < -0.4 is 0 Å². The molecular formula is C12H15O2. The van der Waals surface area contributed by atoms with Crippen molar-refractivity contribution in [1.29, 1.82) is 0 Å². The second-order valence-electron chi connectivity index (χ2n) is 2.98. The summed E-state index contributed by atoms with van der Waals surface area (Å²) in [5.41, 5.74) is 1.24. The Morgan fingerprint density at radius 1 is 1.36 bits per heavy atom. The van der Waals surface area contributed by atoms with Crippen molar-refractivity contribution >= 4 is 5.97 Å². The Kier molecular flexibility index (Phi) is 4.76. The van der Waals surface area contributed by atoms with Crippen LogP contribution in [0.5, 0.6) is 0 Å². The molecule has 0 aliphatic rings. The van der Waals surface area contributed by atoms with Crippen molar-refractivity contribution in [1.82, 2.24) is 0 Å². The van der Waals surface area contributed by atoms with Crippen molar-refractivity contribution in [2.24, 2.45) is 0 Å². The molecule has 75 valence electrons. The highest BCUT2D eigenvalue weighted by Crippen LogP contribution is 2.04. The molecule has 0 heterocycles. The van der Waals surface area contributed by atoms with E-state index in [1.165, 1.54) is 5.56 Å². The molecule has 0 saturated heterocycles. The molecule has 2 nitrogen and oxygen atoms in total. The molecule has 0 unspecified atom stereocenters. The van der Waals surface area contributed by atoms with E-state index in [4.69, 9.17) is 4.74 Å². The van der Waals surface area contributed by atoms with Crippen molar-refractivity contribution in [3.05, 3.63) is 42.3 Å². The second-order valence-corrected chi connectivity index (χ2v) is 2.98. The summed E-state index contributed by atoms with van der Waals surface area (Å²) in [6.45, 7) is 2.25. The van der Waals surface area contributed by atoms with Gasteiger partial charge in [0.05, 0.1) is 13.0 Å². The SMILES string of the molecule is CCOC(=O)[CH]CCc1ccccc1. The fraction of sp³-hybridized carbons (Fsp3) is 0.333. The van der Waals surface area contributed by atoms with E-state index in [0.717, 1.165) is 12.8 Å². The molecule has 1 aromatic carbocycles. The van der Waals surface area contributed by atoms with Crippen molar-refractivity contribution in [2.45, 2.75) is 19.8 Å². The molecule has 1 radical (unpaired) electrons. The highest BCUT2D eigenvalue weighted by atomic mass is 16.5.